The van der Waals surface area contributed by atoms with Crippen LogP contribution in [-0.2, 0) is 4.79 Å². The second-order valence-electron chi connectivity index (χ2n) is 5.78. The lowest BCUT2D eigenvalue weighted by atomic mass is 10.2. The minimum Gasteiger partial charge on any atom is -0.493 e. The van der Waals surface area contributed by atoms with E-state index in [1.54, 1.807) is 12.1 Å². The molecule has 0 aliphatic heterocycles. The third-order valence-electron chi connectivity index (χ3n) is 3.84. The maximum Gasteiger partial charge on any atom is 0.250 e. The highest BCUT2D eigenvalue weighted by molar-refractivity contribution is 8.01. The van der Waals surface area contributed by atoms with Crippen LogP contribution in [0.15, 0.2) is 51.9 Å². The van der Waals surface area contributed by atoms with Gasteiger partial charge in [0.25, 0.3) is 5.91 Å². The predicted octanol–water partition coefficient (Wildman–Crippen LogP) is 3.47. The highest BCUT2D eigenvalue weighted by atomic mass is 32.2. The minimum atomic E-state index is -0.250. The van der Waals surface area contributed by atoms with Crippen LogP contribution < -0.4 is 19.6 Å². The van der Waals surface area contributed by atoms with E-state index < -0.39 is 0 Å². The number of hydrazone groups is 1. The average Bonchev–Trinajstić information content (AvgIpc) is 3.26. The van der Waals surface area contributed by atoms with Gasteiger partial charge in [0.1, 0.15) is 5.01 Å². The average molecular weight is 445 g/mol. The molecular weight excluding hydrogens is 424 g/mol. The third kappa shape index (κ3) is 5.49. The molecule has 0 fully saturated rings. The fourth-order valence-electron chi connectivity index (χ4n) is 2.48. The number of thioether (sulfide) groups is 1. The molecule has 1 heterocycles. The molecule has 156 valence electrons. The smallest absolute Gasteiger partial charge is 0.250 e. The van der Waals surface area contributed by atoms with Gasteiger partial charge in [-0.1, -0.05) is 53.4 Å². The van der Waals surface area contributed by atoms with Crippen LogP contribution in [0, 0.1) is 0 Å². The second kappa shape index (κ2) is 10.6. The van der Waals surface area contributed by atoms with Crippen molar-refractivity contribution in [2.24, 2.45) is 5.10 Å². The van der Waals surface area contributed by atoms with Gasteiger partial charge in [-0.2, -0.15) is 5.10 Å². The van der Waals surface area contributed by atoms with Crippen LogP contribution >= 0.6 is 23.1 Å². The van der Waals surface area contributed by atoms with Crippen LogP contribution in [-0.4, -0.2) is 49.4 Å². The molecule has 1 amide bonds. The molecule has 3 aromatic rings. The summed E-state index contributed by atoms with van der Waals surface area (Å²) in [4.78, 5) is 12.1. The van der Waals surface area contributed by atoms with Gasteiger partial charge in [0.2, 0.25) is 5.75 Å². The number of hydrogen-bond acceptors (Lipinski definition) is 9. The minimum absolute atomic E-state index is 0.177. The maximum atomic E-state index is 12.1. The van der Waals surface area contributed by atoms with E-state index >= 15 is 0 Å². The molecule has 0 atom stereocenters. The van der Waals surface area contributed by atoms with Gasteiger partial charge in [0, 0.05) is 11.1 Å². The number of methoxy groups -OCH3 is 3. The Bertz CT molecular complexity index is 1000. The van der Waals surface area contributed by atoms with Crippen LogP contribution in [0.2, 0.25) is 0 Å². The van der Waals surface area contributed by atoms with Gasteiger partial charge in [0.05, 0.1) is 33.3 Å². The van der Waals surface area contributed by atoms with E-state index in [1.165, 1.54) is 50.6 Å². The fourth-order valence-corrected chi connectivity index (χ4v) is 4.13. The standard InChI is InChI=1S/C20H20N4O4S2/c1-26-15-9-13(10-16(27-2)18(15)28-3)11-21-22-17(25)12-29-20-24-23-19(30-20)14-7-5-4-6-8-14/h4-11H,12H2,1-3H3,(H,22,25). The molecule has 0 unspecified atom stereocenters. The Labute approximate surface area is 182 Å². The lowest BCUT2D eigenvalue weighted by Crippen LogP contribution is -2.19. The molecule has 0 saturated heterocycles. The van der Waals surface area contributed by atoms with Crippen LogP contribution in [0.25, 0.3) is 10.6 Å². The molecule has 10 heteroatoms. The number of hydrogen-bond donors (Lipinski definition) is 1. The first-order valence-corrected chi connectivity index (χ1v) is 10.6. The Hall–Kier alpha value is -3.11. The molecule has 0 saturated carbocycles. The number of ether oxygens (including phenoxy) is 3. The van der Waals surface area contributed by atoms with Crippen LogP contribution in [0.1, 0.15) is 5.56 Å². The van der Waals surface area contributed by atoms with Gasteiger partial charge in [0.15, 0.2) is 15.8 Å². The van der Waals surface area contributed by atoms with Gasteiger partial charge in [-0.25, -0.2) is 5.43 Å². The Morgan fingerprint density at radius 3 is 2.43 bits per heavy atom. The lowest BCUT2D eigenvalue weighted by molar-refractivity contribution is -0.118. The molecule has 0 spiro atoms. The van der Waals surface area contributed by atoms with Crippen molar-refractivity contribution in [3.8, 4) is 27.8 Å². The zero-order chi connectivity index (χ0) is 21.3. The number of aromatic nitrogens is 2. The van der Waals surface area contributed by atoms with Gasteiger partial charge in [-0.3, -0.25) is 4.79 Å². The summed E-state index contributed by atoms with van der Waals surface area (Å²) in [6, 6.07) is 13.3. The highest BCUT2D eigenvalue weighted by Crippen LogP contribution is 2.37. The molecule has 2 aromatic carbocycles. The molecule has 1 aromatic heterocycles. The SMILES string of the molecule is COc1cc(C=NNC(=O)CSc2nnc(-c3ccccc3)s2)cc(OC)c1OC. The summed E-state index contributed by atoms with van der Waals surface area (Å²) >= 11 is 2.75. The molecule has 1 N–H and O–H groups in total. The predicted molar refractivity (Wildman–Crippen MR) is 118 cm³/mol. The molecule has 30 heavy (non-hydrogen) atoms. The van der Waals surface area contributed by atoms with Crippen molar-refractivity contribution in [2.75, 3.05) is 27.1 Å². The van der Waals surface area contributed by atoms with Crippen LogP contribution in [0.5, 0.6) is 17.2 Å². The number of rotatable bonds is 9. The van der Waals surface area contributed by atoms with E-state index in [9.17, 15) is 4.79 Å². The van der Waals surface area contributed by atoms with Gasteiger partial charge >= 0.3 is 0 Å². The first-order chi connectivity index (χ1) is 14.6. The zero-order valence-corrected chi connectivity index (χ0v) is 18.3. The number of nitrogens with zero attached hydrogens (tertiary/aromatic N) is 3. The molecule has 3 rings (SSSR count). The molecule has 0 radical (unpaired) electrons. The summed E-state index contributed by atoms with van der Waals surface area (Å²) in [6.07, 6.45) is 1.51. The second-order valence-corrected chi connectivity index (χ2v) is 7.98. The monoisotopic (exact) mass is 444 g/mol. The summed E-state index contributed by atoms with van der Waals surface area (Å²) in [5, 5.41) is 13.1. The Kier molecular flexibility index (Phi) is 7.63. The molecule has 0 aliphatic carbocycles. The van der Waals surface area contributed by atoms with Crippen molar-refractivity contribution in [1.29, 1.82) is 0 Å². The Balaban J connectivity index is 1.55. The highest BCUT2D eigenvalue weighted by Gasteiger charge is 2.12. The van der Waals surface area contributed by atoms with Crippen molar-refractivity contribution in [3.05, 3.63) is 48.0 Å². The molecular formula is C20H20N4O4S2. The van der Waals surface area contributed by atoms with E-state index in [1.807, 2.05) is 30.3 Å². The van der Waals surface area contributed by atoms with Gasteiger partial charge < -0.3 is 14.2 Å². The Morgan fingerprint density at radius 2 is 1.80 bits per heavy atom. The van der Waals surface area contributed by atoms with E-state index in [0.29, 0.717) is 22.8 Å². The van der Waals surface area contributed by atoms with Crippen molar-refractivity contribution < 1.29 is 19.0 Å². The van der Waals surface area contributed by atoms with E-state index in [2.05, 4.69) is 20.7 Å². The number of carbonyl (C=O) groups excluding carboxylic acids is 1. The summed E-state index contributed by atoms with van der Waals surface area (Å²) in [6.45, 7) is 0. The zero-order valence-electron chi connectivity index (χ0n) is 16.6. The maximum absolute atomic E-state index is 12.1. The van der Waals surface area contributed by atoms with Crippen molar-refractivity contribution in [3.63, 3.8) is 0 Å². The molecule has 8 nitrogen and oxygen atoms in total. The largest absolute Gasteiger partial charge is 0.493 e. The lowest BCUT2D eigenvalue weighted by Gasteiger charge is -2.12. The van der Waals surface area contributed by atoms with Crippen molar-refractivity contribution in [2.45, 2.75) is 4.34 Å². The summed E-state index contributed by atoms with van der Waals surface area (Å²) in [5.41, 5.74) is 4.19. The van der Waals surface area contributed by atoms with E-state index in [4.69, 9.17) is 14.2 Å². The topological polar surface area (TPSA) is 94.9 Å². The van der Waals surface area contributed by atoms with Crippen molar-refractivity contribution >= 4 is 35.2 Å². The van der Waals surface area contributed by atoms with E-state index in [0.717, 1.165) is 14.9 Å². The molecule has 0 bridgehead atoms. The summed E-state index contributed by atoms with van der Waals surface area (Å²) in [7, 11) is 4.61. The van der Waals surface area contributed by atoms with Crippen LogP contribution in [0.4, 0.5) is 0 Å². The van der Waals surface area contributed by atoms with Gasteiger partial charge in [-0.15, -0.1) is 10.2 Å². The first kappa shape index (κ1) is 21.6. The first-order valence-electron chi connectivity index (χ1n) is 8.78. The number of amides is 1. The quantitative estimate of drug-likeness (QED) is 0.307. The number of carbonyl (C=O) groups is 1. The number of benzene rings is 2. The number of nitrogens with one attached hydrogen (secondary N) is 1. The normalized spacial score (nSPS) is 10.8. The van der Waals surface area contributed by atoms with Gasteiger partial charge in [-0.05, 0) is 12.1 Å². The Morgan fingerprint density at radius 1 is 1.10 bits per heavy atom. The molecule has 0 aliphatic rings. The van der Waals surface area contributed by atoms with Crippen LogP contribution in [0.3, 0.4) is 0 Å². The summed E-state index contributed by atoms with van der Waals surface area (Å²) in [5.74, 6) is 1.43. The summed E-state index contributed by atoms with van der Waals surface area (Å²) < 4.78 is 16.6. The third-order valence-corrected chi connectivity index (χ3v) is 5.95. The van der Waals surface area contributed by atoms with E-state index in [-0.39, 0.29) is 11.7 Å². The van der Waals surface area contributed by atoms with Crippen molar-refractivity contribution in [1.82, 2.24) is 15.6 Å². The fraction of sp³-hybridized carbons (Fsp3) is 0.200.